The monoisotopic (exact) mass is 570 g/mol. The Kier molecular flexibility index (Phi) is 5.77. The topological polar surface area (TPSA) is 108 Å². The fraction of sp³-hybridized carbons (Fsp3) is 0.368. The summed E-state index contributed by atoms with van der Waals surface area (Å²) in [6.45, 7) is -0.492. The predicted molar refractivity (Wildman–Crippen MR) is 115 cm³/mol. The van der Waals surface area contributed by atoms with E-state index in [0.717, 1.165) is 6.07 Å². The van der Waals surface area contributed by atoms with E-state index in [1.807, 2.05) is 22.6 Å². The lowest BCUT2D eigenvalue weighted by Gasteiger charge is -2.28. The quantitative estimate of drug-likeness (QED) is 0.414. The molecule has 0 aromatic heterocycles. The van der Waals surface area contributed by atoms with Crippen molar-refractivity contribution < 1.29 is 36.5 Å². The van der Waals surface area contributed by atoms with Crippen molar-refractivity contribution in [3.8, 4) is 5.75 Å². The maximum atomic E-state index is 14.8. The Hall–Kier alpha value is -1.77. The molecule has 168 valence electrons. The van der Waals surface area contributed by atoms with Crippen LogP contribution in [0.2, 0.25) is 0 Å². The van der Waals surface area contributed by atoms with E-state index in [1.165, 1.54) is 12.1 Å². The van der Waals surface area contributed by atoms with Gasteiger partial charge in [-0.05, 0) is 60.1 Å². The molecule has 1 saturated carbocycles. The van der Waals surface area contributed by atoms with Crippen LogP contribution in [0.15, 0.2) is 24.3 Å². The Bertz CT molecular complexity index is 1140. The van der Waals surface area contributed by atoms with E-state index >= 15 is 0 Å². The highest BCUT2D eigenvalue weighted by Gasteiger charge is 2.56. The number of hydrogen-bond acceptors (Lipinski definition) is 6. The number of ether oxygens (including phenoxy) is 1. The van der Waals surface area contributed by atoms with Crippen LogP contribution in [0.4, 0.5) is 30.2 Å². The Morgan fingerprint density at radius 1 is 1.13 bits per heavy atom. The molecule has 0 bridgehead atoms. The third-order valence-corrected chi connectivity index (χ3v) is 8.28. The first-order valence-electron chi connectivity index (χ1n) is 9.28. The van der Waals surface area contributed by atoms with Crippen LogP contribution in [0.3, 0.4) is 0 Å². The summed E-state index contributed by atoms with van der Waals surface area (Å²) in [5.74, 6) is -3.99. The SMILES string of the molecule is O=S1(=O)Nc2c(cc(F)c(F)c2Nc2ccc(I)cc2F)OC[C@H](O)[C@H](O)CC12CC2. The first kappa shape index (κ1) is 22.4. The lowest BCUT2D eigenvalue weighted by molar-refractivity contribution is -0.0129. The standard InChI is InChI=1S/C19H18F3IN2O5S/c20-10-5-9(23)1-2-12(10)24-18-16(22)11(21)6-15-17(18)25-31(28,29)19(3-4-19)7-13(26)14(27)8-30-15/h1-2,5-6,13-14,24-27H,3-4,7-8H2/t13-,14+/m1/s1. The zero-order chi connectivity index (χ0) is 22.6. The summed E-state index contributed by atoms with van der Waals surface area (Å²) in [6, 6.07) is 4.62. The Balaban J connectivity index is 1.86. The third kappa shape index (κ3) is 4.17. The van der Waals surface area contributed by atoms with Gasteiger partial charge in [-0.1, -0.05) is 0 Å². The molecule has 2 aliphatic rings. The molecule has 2 atom stereocenters. The minimum absolute atomic E-state index is 0.208. The number of anilines is 3. The van der Waals surface area contributed by atoms with Crippen molar-refractivity contribution in [3.63, 3.8) is 0 Å². The average molecular weight is 570 g/mol. The summed E-state index contributed by atoms with van der Waals surface area (Å²) in [5, 5.41) is 22.7. The van der Waals surface area contributed by atoms with Gasteiger partial charge in [0.15, 0.2) is 11.6 Å². The second-order valence-corrected chi connectivity index (χ2v) is 10.9. The number of halogens is 4. The number of rotatable bonds is 2. The second kappa shape index (κ2) is 7.98. The van der Waals surface area contributed by atoms with Crippen LogP contribution in [0.1, 0.15) is 19.3 Å². The first-order valence-corrected chi connectivity index (χ1v) is 11.8. The van der Waals surface area contributed by atoms with E-state index in [1.54, 1.807) is 0 Å². The largest absolute Gasteiger partial charge is 0.488 e. The van der Waals surface area contributed by atoms with Crippen molar-refractivity contribution in [3.05, 3.63) is 45.3 Å². The van der Waals surface area contributed by atoms with E-state index in [2.05, 4.69) is 10.0 Å². The number of aliphatic hydroxyl groups excluding tert-OH is 2. The number of aliphatic hydroxyl groups is 2. The number of fused-ring (bicyclic) bond motifs is 1. The smallest absolute Gasteiger partial charge is 0.238 e. The summed E-state index contributed by atoms with van der Waals surface area (Å²) >= 11 is 1.88. The Labute approximate surface area is 189 Å². The van der Waals surface area contributed by atoms with Gasteiger partial charge in [0.25, 0.3) is 0 Å². The highest BCUT2D eigenvalue weighted by atomic mass is 127. The minimum atomic E-state index is -4.21. The minimum Gasteiger partial charge on any atom is -0.488 e. The van der Waals surface area contributed by atoms with Crippen LogP contribution < -0.4 is 14.8 Å². The molecule has 31 heavy (non-hydrogen) atoms. The van der Waals surface area contributed by atoms with Gasteiger partial charge in [-0.25, -0.2) is 21.6 Å². The normalized spacial score (nSPS) is 23.9. The highest BCUT2D eigenvalue weighted by molar-refractivity contribution is 14.1. The van der Waals surface area contributed by atoms with Crippen molar-refractivity contribution in [2.75, 3.05) is 16.6 Å². The van der Waals surface area contributed by atoms with Crippen molar-refractivity contribution >= 4 is 49.7 Å². The van der Waals surface area contributed by atoms with Crippen molar-refractivity contribution in [2.45, 2.75) is 36.2 Å². The van der Waals surface area contributed by atoms with E-state index in [-0.39, 0.29) is 24.9 Å². The predicted octanol–water partition coefficient (Wildman–Crippen LogP) is 3.23. The fourth-order valence-electron chi connectivity index (χ4n) is 3.43. The average Bonchev–Trinajstić information content (AvgIpc) is 3.48. The Morgan fingerprint density at radius 2 is 1.84 bits per heavy atom. The molecule has 1 spiro atoms. The molecule has 1 fully saturated rings. The highest BCUT2D eigenvalue weighted by Crippen LogP contribution is 2.50. The second-order valence-electron chi connectivity index (χ2n) is 7.61. The van der Waals surface area contributed by atoms with Crippen molar-refractivity contribution in [1.29, 1.82) is 0 Å². The van der Waals surface area contributed by atoms with E-state index in [9.17, 15) is 31.8 Å². The number of benzene rings is 2. The third-order valence-electron chi connectivity index (χ3n) is 5.42. The summed E-state index contributed by atoms with van der Waals surface area (Å²) < 4.78 is 76.3. The summed E-state index contributed by atoms with van der Waals surface area (Å²) in [7, 11) is -4.21. The molecule has 0 saturated heterocycles. The molecule has 0 radical (unpaired) electrons. The van der Waals surface area contributed by atoms with E-state index in [4.69, 9.17) is 4.74 Å². The van der Waals surface area contributed by atoms with Gasteiger partial charge in [0, 0.05) is 9.64 Å². The van der Waals surface area contributed by atoms with Gasteiger partial charge < -0.3 is 20.3 Å². The summed E-state index contributed by atoms with van der Waals surface area (Å²) in [5.41, 5.74) is -1.32. The van der Waals surface area contributed by atoms with Gasteiger partial charge in [0.1, 0.15) is 35.7 Å². The van der Waals surface area contributed by atoms with E-state index in [0.29, 0.717) is 9.64 Å². The maximum absolute atomic E-state index is 14.8. The van der Waals surface area contributed by atoms with Gasteiger partial charge in [-0.15, -0.1) is 0 Å². The molecule has 12 heteroatoms. The van der Waals surface area contributed by atoms with Crippen molar-refractivity contribution in [2.24, 2.45) is 0 Å². The molecule has 1 aliphatic carbocycles. The molecule has 4 N–H and O–H groups in total. The van der Waals surface area contributed by atoms with E-state index < -0.39 is 68.2 Å². The number of sulfonamides is 1. The van der Waals surface area contributed by atoms with Crippen LogP contribution in [0, 0.1) is 21.0 Å². The number of nitrogens with one attached hydrogen (secondary N) is 2. The molecule has 2 aromatic carbocycles. The zero-order valence-electron chi connectivity index (χ0n) is 15.8. The first-order chi connectivity index (χ1) is 14.5. The van der Waals surface area contributed by atoms with Gasteiger partial charge >= 0.3 is 0 Å². The van der Waals surface area contributed by atoms with Crippen LogP contribution >= 0.6 is 22.6 Å². The molecule has 7 nitrogen and oxygen atoms in total. The van der Waals surface area contributed by atoms with Crippen molar-refractivity contribution in [1.82, 2.24) is 0 Å². The number of hydrogen-bond donors (Lipinski definition) is 4. The molecule has 0 amide bonds. The van der Waals surface area contributed by atoms with Gasteiger partial charge in [-0.2, -0.15) is 0 Å². The molecule has 4 rings (SSSR count). The molecule has 2 aromatic rings. The fourth-order valence-corrected chi connectivity index (χ4v) is 5.60. The van der Waals surface area contributed by atoms with Gasteiger partial charge in [0.2, 0.25) is 10.0 Å². The van der Waals surface area contributed by atoms with Crippen LogP contribution in [0.5, 0.6) is 5.75 Å². The van der Waals surface area contributed by atoms with Gasteiger partial charge in [0.05, 0.1) is 16.5 Å². The lowest BCUT2D eigenvalue weighted by Crippen LogP contribution is -2.41. The maximum Gasteiger partial charge on any atom is 0.238 e. The molecule has 1 aliphatic heterocycles. The Morgan fingerprint density at radius 3 is 2.48 bits per heavy atom. The van der Waals surface area contributed by atoms with Crippen LogP contribution in [0.25, 0.3) is 0 Å². The van der Waals surface area contributed by atoms with Crippen LogP contribution in [-0.2, 0) is 10.0 Å². The zero-order valence-corrected chi connectivity index (χ0v) is 18.8. The molecule has 0 unspecified atom stereocenters. The molecular weight excluding hydrogens is 552 g/mol. The van der Waals surface area contributed by atoms with Gasteiger partial charge in [-0.3, -0.25) is 4.72 Å². The lowest BCUT2D eigenvalue weighted by atomic mass is 10.1. The summed E-state index contributed by atoms with van der Waals surface area (Å²) in [4.78, 5) is 0. The molecule has 1 heterocycles. The molecular formula is C19H18F3IN2O5S. The summed E-state index contributed by atoms with van der Waals surface area (Å²) in [6.07, 6.45) is -2.64. The van der Waals surface area contributed by atoms with Crippen LogP contribution in [-0.4, -0.2) is 42.2 Å².